The Hall–Kier alpha value is 0.930. The van der Waals surface area contributed by atoms with Gasteiger partial charge in [-0.2, -0.15) is 37.9 Å². The maximum Gasteiger partial charge on any atom is 0.0110 e. The predicted molar refractivity (Wildman–Crippen MR) is 97.6 cm³/mol. The van der Waals surface area contributed by atoms with E-state index >= 15 is 0 Å². The standard InChI is InChI=1S/C13H31N3S3/c1-2-5-15(9-12-18)7-8-16(10-13-19)6-3-14-4-11-17/h14,17-19H,2-13H2,1H3. The van der Waals surface area contributed by atoms with E-state index in [0.29, 0.717) is 0 Å². The largest absolute Gasteiger partial charge is 0.315 e. The first-order valence-electron chi connectivity index (χ1n) is 7.26. The van der Waals surface area contributed by atoms with E-state index in [1.165, 1.54) is 13.0 Å². The van der Waals surface area contributed by atoms with E-state index in [1.54, 1.807) is 0 Å². The topological polar surface area (TPSA) is 18.5 Å². The Morgan fingerprint density at radius 2 is 1.26 bits per heavy atom. The van der Waals surface area contributed by atoms with Crippen molar-refractivity contribution in [1.82, 2.24) is 15.1 Å². The molecule has 0 rings (SSSR count). The van der Waals surface area contributed by atoms with Crippen molar-refractivity contribution in [3.63, 3.8) is 0 Å². The van der Waals surface area contributed by atoms with Gasteiger partial charge < -0.3 is 10.2 Å². The minimum atomic E-state index is 0.902. The fourth-order valence-corrected chi connectivity index (χ4v) is 2.72. The summed E-state index contributed by atoms with van der Waals surface area (Å²) in [7, 11) is 0. The molecule has 0 bridgehead atoms. The summed E-state index contributed by atoms with van der Waals surface area (Å²) >= 11 is 12.9. The van der Waals surface area contributed by atoms with Crippen molar-refractivity contribution in [3.8, 4) is 0 Å². The Bertz CT molecular complexity index is 179. The Balaban J connectivity index is 3.88. The van der Waals surface area contributed by atoms with E-state index in [0.717, 1.165) is 63.1 Å². The van der Waals surface area contributed by atoms with Crippen LogP contribution in [0.2, 0.25) is 0 Å². The van der Waals surface area contributed by atoms with Gasteiger partial charge in [-0.05, 0) is 13.0 Å². The van der Waals surface area contributed by atoms with Crippen LogP contribution in [0.1, 0.15) is 13.3 Å². The molecular formula is C13H31N3S3. The zero-order valence-electron chi connectivity index (χ0n) is 12.2. The van der Waals surface area contributed by atoms with Gasteiger partial charge in [0, 0.05) is 63.1 Å². The molecule has 0 aromatic rings. The summed E-state index contributed by atoms with van der Waals surface area (Å²) in [6.07, 6.45) is 1.21. The van der Waals surface area contributed by atoms with E-state index in [1.807, 2.05) is 0 Å². The maximum atomic E-state index is 4.35. The summed E-state index contributed by atoms with van der Waals surface area (Å²) in [6.45, 7) is 10.9. The van der Waals surface area contributed by atoms with E-state index in [2.05, 4.69) is 59.9 Å². The highest BCUT2D eigenvalue weighted by Crippen LogP contribution is 1.96. The third-order valence-corrected chi connectivity index (χ3v) is 3.62. The summed E-state index contributed by atoms with van der Waals surface area (Å²) in [6, 6.07) is 0. The molecule has 3 nitrogen and oxygen atoms in total. The van der Waals surface area contributed by atoms with Crippen molar-refractivity contribution in [3.05, 3.63) is 0 Å². The van der Waals surface area contributed by atoms with Crippen LogP contribution in [-0.2, 0) is 0 Å². The highest BCUT2D eigenvalue weighted by atomic mass is 32.1. The molecule has 0 spiro atoms. The average molecular weight is 326 g/mol. The molecule has 0 saturated carbocycles. The van der Waals surface area contributed by atoms with Crippen LogP contribution in [0.25, 0.3) is 0 Å². The Morgan fingerprint density at radius 1 is 0.684 bits per heavy atom. The van der Waals surface area contributed by atoms with Crippen LogP contribution in [0.3, 0.4) is 0 Å². The monoisotopic (exact) mass is 325 g/mol. The van der Waals surface area contributed by atoms with Crippen molar-refractivity contribution >= 4 is 37.9 Å². The molecule has 116 valence electrons. The van der Waals surface area contributed by atoms with Crippen LogP contribution >= 0.6 is 37.9 Å². The summed E-state index contributed by atoms with van der Waals surface area (Å²) < 4.78 is 0. The smallest absolute Gasteiger partial charge is 0.0110 e. The molecule has 0 heterocycles. The van der Waals surface area contributed by atoms with Crippen LogP contribution in [0.5, 0.6) is 0 Å². The number of nitrogens with one attached hydrogen (secondary N) is 1. The van der Waals surface area contributed by atoms with Gasteiger partial charge in [0.1, 0.15) is 0 Å². The molecule has 0 unspecified atom stereocenters. The molecule has 6 heteroatoms. The van der Waals surface area contributed by atoms with Gasteiger partial charge in [-0.25, -0.2) is 0 Å². The number of hydrogen-bond acceptors (Lipinski definition) is 6. The van der Waals surface area contributed by atoms with Crippen LogP contribution in [0.15, 0.2) is 0 Å². The number of hydrogen-bond donors (Lipinski definition) is 4. The van der Waals surface area contributed by atoms with Crippen LogP contribution < -0.4 is 5.32 Å². The zero-order valence-corrected chi connectivity index (χ0v) is 14.9. The van der Waals surface area contributed by atoms with Crippen LogP contribution in [0, 0.1) is 0 Å². The lowest BCUT2D eigenvalue weighted by Gasteiger charge is -2.27. The first-order valence-corrected chi connectivity index (χ1v) is 9.16. The normalized spacial score (nSPS) is 11.7. The van der Waals surface area contributed by atoms with Crippen molar-refractivity contribution in [1.29, 1.82) is 0 Å². The molecule has 0 aliphatic rings. The lowest BCUT2D eigenvalue weighted by molar-refractivity contribution is 0.217. The third kappa shape index (κ3) is 12.4. The summed E-state index contributed by atoms with van der Waals surface area (Å²) in [4.78, 5) is 4.99. The van der Waals surface area contributed by atoms with Crippen LogP contribution in [-0.4, -0.2) is 79.4 Å². The minimum absolute atomic E-state index is 0.902. The number of nitrogens with zero attached hydrogens (tertiary/aromatic N) is 2. The molecule has 0 aromatic heterocycles. The lowest BCUT2D eigenvalue weighted by Crippen LogP contribution is -2.40. The second kappa shape index (κ2) is 15.3. The van der Waals surface area contributed by atoms with E-state index in [4.69, 9.17) is 0 Å². The van der Waals surface area contributed by atoms with Crippen LogP contribution in [0.4, 0.5) is 0 Å². The highest BCUT2D eigenvalue weighted by molar-refractivity contribution is 7.80. The maximum absolute atomic E-state index is 4.35. The van der Waals surface area contributed by atoms with Gasteiger partial charge in [0.15, 0.2) is 0 Å². The summed E-state index contributed by atoms with van der Waals surface area (Å²) in [5, 5.41) is 3.39. The minimum Gasteiger partial charge on any atom is -0.315 e. The molecule has 0 amide bonds. The summed E-state index contributed by atoms with van der Waals surface area (Å²) in [5.41, 5.74) is 0. The van der Waals surface area contributed by atoms with Gasteiger partial charge in [0.2, 0.25) is 0 Å². The van der Waals surface area contributed by atoms with Gasteiger partial charge >= 0.3 is 0 Å². The zero-order chi connectivity index (χ0) is 14.3. The third-order valence-electron chi connectivity index (χ3n) is 3.00. The molecule has 0 saturated heterocycles. The van der Waals surface area contributed by atoms with E-state index < -0.39 is 0 Å². The van der Waals surface area contributed by atoms with Gasteiger partial charge in [0.05, 0.1) is 0 Å². The highest BCUT2D eigenvalue weighted by Gasteiger charge is 2.07. The number of rotatable bonds is 14. The molecule has 0 aliphatic heterocycles. The van der Waals surface area contributed by atoms with Crippen molar-refractivity contribution in [2.24, 2.45) is 0 Å². The molecule has 1 N–H and O–H groups in total. The molecule has 0 radical (unpaired) electrons. The van der Waals surface area contributed by atoms with Gasteiger partial charge in [-0.15, -0.1) is 0 Å². The molecular weight excluding hydrogens is 294 g/mol. The SMILES string of the molecule is CCCN(CCS)CCN(CCS)CCNCCS. The predicted octanol–water partition coefficient (Wildman–Crippen LogP) is 1.38. The van der Waals surface area contributed by atoms with Crippen molar-refractivity contribution in [2.45, 2.75) is 13.3 Å². The molecule has 19 heavy (non-hydrogen) atoms. The van der Waals surface area contributed by atoms with Crippen molar-refractivity contribution < 1.29 is 0 Å². The first kappa shape index (κ1) is 19.9. The quantitative estimate of drug-likeness (QED) is 0.286. The lowest BCUT2D eigenvalue weighted by atomic mass is 10.3. The van der Waals surface area contributed by atoms with Gasteiger partial charge in [-0.1, -0.05) is 6.92 Å². The van der Waals surface area contributed by atoms with E-state index in [-0.39, 0.29) is 0 Å². The van der Waals surface area contributed by atoms with Crippen molar-refractivity contribution in [2.75, 3.05) is 69.6 Å². The number of thiol groups is 3. The second-order valence-corrected chi connectivity index (χ2v) is 5.95. The Labute approximate surface area is 136 Å². The summed E-state index contributed by atoms with van der Waals surface area (Å²) in [5.74, 6) is 2.77. The van der Waals surface area contributed by atoms with E-state index in [9.17, 15) is 0 Å². The van der Waals surface area contributed by atoms with Gasteiger partial charge in [0.25, 0.3) is 0 Å². The molecule has 0 atom stereocenters. The Morgan fingerprint density at radius 3 is 1.74 bits per heavy atom. The van der Waals surface area contributed by atoms with Gasteiger partial charge in [-0.3, -0.25) is 4.90 Å². The molecule has 0 fully saturated rings. The second-order valence-electron chi connectivity index (χ2n) is 4.60. The molecule has 0 aromatic carbocycles. The fourth-order valence-electron chi connectivity index (χ4n) is 1.99. The Kier molecular flexibility index (Phi) is 16.1. The fraction of sp³-hybridized carbons (Fsp3) is 1.00. The average Bonchev–Trinajstić information content (AvgIpc) is 2.41. The first-order chi connectivity index (χ1) is 9.28. The molecule has 0 aliphatic carbocycles.